The number of nitrogens with zero attached hydrogens (tertiary/aromatic N) is 1. The molecule has 1 aliphatic rings. The summed E-state index contributed by atoms with van der Waals surface area (Å²) in [5.41, 5.74) is 6.28. The molecule has 1 aromatic rings. The van der Waals surface area contributed by atoms with E-state index in [1.54, 1.807) is 0 Å². The number of nitrogens with two attached hydrogens (primary N) is 1. The van der Waals surface area contributed by atoms with Crippen LogP contribution in [0.5, 0.6) is 0 Å². The predicted octanol–water partition coefficient (Wildman–Crippen LogP) is 3.09. The minimum Gasteiger partial charge on any atom is -0.329 e. The van der Waals surface area contributed by atoms with Gasteiger partial charge in [0, 0.05) is 30.8 Å². The highest BCUT2D eigenvalue weighted by atomic mass is 19.1. The topological polar surface area (TPSA) is 29.3 Å². The quantitative estimate of drug-likeness (QED) is 0.889. The van der Waals surface area contributed by atoms with Crippen molar-refractivity contribution in [2.75, 3.05) is 20.1 Å². The molecular formula is C15H22F2N2. The van der Waals surface area contributed by atoms with Crippen molar-refractivity contribution in [2.45, 2.75) is 31.7 Å². The second-order valence-corrected chi connectivity index (χ2v) is 5.51. The molecule has 1 aromatic carbocycles. The van der Waals surface area contributed by atoms with Crippen LogP contribution in [0.3, 0.4) is 0 Å². The zero-order valence-corrected chi connectivity index (χ0v) is 11.4. The first kappa shape index (κ1) is 14.4. The lowest BCUT2D eigenvalue weighted by atomic mass is 10.0. The molecule has 2 nitrogen and oxygen atoms in total. The molecule has 106 valence electrons. The number of benzene rings is 1. The normalized spacial score (nSPS) is 18.2. The molecular weight excluding hydrogens is 246 g/mol. The molecule has 2 N–H and O–H groups in total. The predicted molar refractivity (Wildman–Crippen MR) is 72.7 cm³/mol. The first-order valence-electron chi connectivity index (χ1n) is 6.97. The lowest BCUT2D eigenvalue weighted by Gasteiger charge is -2.29. The van der Waals surface area contributed by atoms with Gasteiger partial charge in [-0.1, -0.05) is 18.9 Å². The molecule has 0 heterocycles. The molecule has 4 heteroatoms. The molecule has 0 saturated heterocycles. The van der Waals surface area contributed by atoms with Crippen molar-refractivity contribution in [1.82, 2.24) is 4.90 Å². The van der Waals surface area contributed by atoms with Gasteiger partial charge in [-0.05, 0) is 31.9 Å². The standard InChI is InChI=1S/C15H22F2N2/c1-19(10-11-4-2-3-5-11)15(9-18)13-7-6-12(16)8-14(13)17/h6-8,11,15H,2-5,9-10,18H2,1H3. The van der Waals surface area contributed by atoms with Crippen LogP contribution in [0.15, 0.2) is 18.2 Å². The molecule has 1 saturated carbocycles. The summed E-state index contributed by atoms with van der Waals surface area (Å²) in [5.74, 6) is -0.369. The van der Waals surface area contributed by atoms with E-state index in [1.807, 2.05) is 7.05 Å². The molecule has 2 rings (SSSR count). The van der Waals surface area contributed by atoms with Crippen molar-refractivity contribution in [2.24, 2.45) is 11.7 Å². The highest BCUT2D eigenvalue weighted by molar-refractivity contribution is 5.22. The average molecular weight is 268 g/mol. The molecule has 19 heavy (non-hydrogen) atoms. The lowest BCUT2D eigenvalue weighted by Crippen LogP contribution is -2.34. The maximum atomic E-state index is 13.8. The first-order valence-corrected chi connectivity index (χ1v) is 6.97. The second-order valence-electron chi connectivity index (χ2n) is 5.51. The van der Waals surface area contributed by atoms with E-state index in [0.717, 1.165) is 12.6 Å². The maximum absolute atomic E-state index is 13.8. The molecule has 1 unspecified atom stereocenters. The van der Waals surface area contributed by atoms with Gasteiger partial charge >= 0.3 is 0 Å². The Balaban J connectivity index is 2.09. The minimum atomic E-state index is -0.546. The van der Waals surface area contributed by atoms with E-state index in [1.165, 1.54) is 37.8 Å². The zero-order chi connectivity index (χ0) is 13.8. The average Bonchev–Trinajstić information content (AvgIpc) is 2.85. The van der Waals surface area contributed by atoms with Crippen LogP contribution in [0.1, 0.15) is 37.3 Å². The number of hydrogen-bond acceptors (Lipinski definition) is 2. The van der Waals surface area contributed by atoms with Crippen LogP contribution in [-0.4, -0.2) is 25.0 Å². The lowest BCUT2D eigenvalue weighted by molar-refractivity contribution is 0.208. The fraction of sp³-hybridized carbons (Fsp3) is 0.600. The molecule has 1 atom stereocenters. The van der Waals surface area contributed by atoms with Gasteiger partial charge in [-0.3, -0.25) is 4.90 Å². The molecule has 0 radical (unpaired) electrons. The van der Waals surface area contributed by atoms with Crippen LogP contribution in [0.4, 0.5) is 8.78 Å². The van der Waals surface area contributed by atoms with E-state index in [2.05, 4.69) is 4.90 Å². The van der Waals surface area contributed by atoms with E-state index in [-0.39, 0.29) is 6.04 Å². The molecule has 0 aromatic heterocycles. The Morgan fingerprint density at radius 2 is 2.00 bits per heavy atom. The monoisotopic (exact) mass is 268 g/mol. The van der Waals surface area contributed by atoms with Crippen molar-refractivity contribution in [3.63, 3.8) is 0 Å². The van der Waals surface area contributed by atoms with E-state index < -0.39 is 11.6 Å². The number of hydrogen-bond donors (Lipinski definition) is 1. The summed E-state index contributed by atoms with van der Waals surface area (Å²) >= 11 is 0. The maximum Gasteiger partial charge on any atom is 0.130 e. The Labute approximate surface area is 113 Å². The van der Waals surface area contributed by atoms with Gasteiger partial charge in [-0.25, -0.2) is 8.78 Å². The summed E-state index contributed by atoms with van der Waals surface area (Å²) in [6.45, 7) is 1.27. The SMILES string of the molecule is CN(CC1CCCC1)C(CN)c1ccc(F)cc1F. The Hall–Kier alpha value is -1.00. The Morgan fingerprint density at radius 3 is 2.58 bits per heavy atom. The molecule has 1 aliphatic carbocycles. The van der Waals surface area contributed by atoms with Crippen molar-refractivity contribution in [3.8, 4) is 0 Å². The highest BCUT2D eigenvalue weighted by Crippen LogP contribution is 2.29. The van der Waals surface area contributed by atoms with Crippen molar-refractivity contribution < 1.29 is 8.78 Å². The van der Waals surface area contributed by atoms with Gasteiger partial charge < -0.3 is 5.73 Å². The third-order valence-corrected chi connectivity index (χ3v) is 4.10. The Kier molecular flexibility index (Phi) is 4.88. The summed E-state index contributed by atoms with van der Waals surface area (Å²) in [6.07, 6.45) is 5.06. The van der Waals surface area contributed by atoms with Crippen LogP contribution in [0.2, 0.25) is 0 Å². The molecule has 0 bridgehead atoms. The van der Waals surface area contributed by atoms with Gasteiger partial charge in [0.15, 0.2) is 0 Å². The smallest absolute Gasteiger partial charge is 0.130 e. The highest BCUT2D eigenvalue weighted by Gasteiger charge is 2.23. The van der Waals surface area contributed by atoms with Crippen LogP contribution in [-0.2, 0) is 0 Å². The second kappa shape index (κ2) is 6.44. The van der Waals surface area contributed by atoms with Crippen molar-refractivity contribution >= 4 is 0 Å². The summed E-state index contributed by atoms with van der Waals surface area (Å²) in [6, 6.07) is 3.56. The number of likely N-dealkylation sites (N-methyl/N-ethyl adjacent to an activating group) is 1. The first-order chi connectivity index (χ1) is 9.11. The molecule has 0 aliphatic heterocycles. The minimum absolute atomic E-state index is 0.179. The Morgan fingerprint density at radius 1 is 1.32 bits per heavy atom. The molecule has 0 spiro atoms. The summed E-state index contributed by atoms with van der Waals surface area (Å²) in [7, 11) is 1.97. The van der Waals surface area contributed by atoms with Gasteiger partial charge in [0.2, 0.25) is 0 Å². The summed E-state index contributed by atoms with van der Waals surface area (Å²) in [5, 5.41) is 0. The largest absolute Gasteiger partial charge is 0.329 e. The number of halogens is 2. The van der Waals surface area contributed by atoms with Gasteiger partial charge in [0.05, 0.1) is 0 Å². The summed E-state index contributed by atoms with van der Waals surface area (Å²) in [4.78, 5) is 2.10. The third-order valence-electron chi connectivity index (χ3n) is 4.10. The van der Waals surface area contributed by atoms with Crippen LogP contribution in [0.25, 0.3) is 0 Å². The van der Waals surface area contributed by atoms with E-state index in [4.69, 9.17) is 5.73 Å². The van der Waals surface area contributed by atoms with Gasteiger partial charge in [-0.15, -0.1) is 0 Å². The van der Waals surface area contributed by atoms with Gasteiger partial charge in [-0.2, -0.15) is 0 Å². The fourth-order valence-corrected chi connectivity index (χ4v) is 3.04. The Bertz CT molecular complexity index is 417. The fourth-order valence-electron chi connectivity index (χ4n) is 3.04. The van der Waals surface area contributed by atoms with E-state index >= 15 is 0 Å². The van der Waals surface area contributed by atoms with Gasteiger partial charge in [0.25, 0.3) is 0 Å². The summed E-state index contributed by atoms with van der Waals surface area (Å²) < 4.78 is 26.8. The van der Waals surface area contributed by atoms with E-state index in [9.17, 15) is 8.78 Å². The van der Waals surface area contributed by atoms with Gasteiger partial charge in [0.1, 0.15) is 11.6 Å². The van der Waals surface area contributed by atoms with Crippen LogP contribution < -0.4 is 5.73 Å². The zero-order valence-electron chi connectivity index (χ0n) is 11.4. The molecule has 0 amide bonds. The third kappa shape index (κ3) is 3.51. The van der Waals surface area contributed by atoms with Crippen molar-refractivity contribution in [3.05, 3.63) is 35.4 Å². The van der Waals surface area contributed by atoms with E-state index in [0.29, 0.717) is 18.0 Å². The van der Waals surface area contributed by atoms with Crippen LogP contribution in [0, 0.1) is 17.6 Å². The molecule has 1 fully saturated rings. The van der Waals surface area contributed by atoms with Crippen LogP contribution >= 0.6 is 0 Å². The van der Waals surface area contributed by atoms with Crippen molar-refractivity contribution in [1.29, 1.82) is 0 Å². The number of rotatable bonds is 5.